The molecule has 2 amide bonds. The predicted octanol–water partition coefficient (Wildman–Crippen LogP) is 1.11. The van der Waals surface area contributed by atoms with Crippen LogP contribution in [0.2, 0.25) is 0 Å². The van der Waals surface area contributed by atoms with Gasteiger partial charge in [-0.05, 0) is 38.0 Å². The van der Waals surface area contributed by atoms with E-state index in [0.29, 0.717) is 18.5 Å². The van der Waals surface area contributed by atoms with Crippen molar-refractivity contribution in [1.29, 1.82) is 0 Å². The number of hydrogen-bond acceptors (Lipinski definition) is 4. The zero-order valence-electron chi connectivity index (χ0n) is 12.7. The van der Waals surface area contributed by atoms with Crippen molar-refractivity contribution in [2.45, 2.75) is 32.7 Å². The van der Waals surface area contributed by atoms with Gasteiger partial charge in [0.1, 0.15) is 0 Å². The summed E-state index contributed by atoms with van der Waals surface area (Å²) >= 11 is 0. The Balaban J connectivity index is 2.17. The molecule has 0 saturated carbocycles. The van der Waals surface area contributed by atoms with Gasteiger partial charge in [0.15, 0.2) is 0 Å². The Morgan fingerprint density at radius 2 is 2.14 bits per heavy atom. The number of benzene rings is 1. The van der Waals surface area contributed by atoms with E-state index in [1.807, 2.05) is 33.0 Å². The number of carbonyl (C=O) groups is 2. The van der Waals surface area contributed by atoms with Gasteiger partial charge in [0, 0.05) is 25.2 Å². The van der Waals surface area contributed by atoms with Crippen LogP contribution in [-0.2, 0) is 16.0 Å². The van der Waals surface area contributed by atoms with E-state index in [1.54, 1.807) is 4.90 Å². The molecular weight excluding hydrogens is 268 g/mol. The Morgan fingerprint density at radius 1 is 1.43 bits per heavy atom. The number of nitrogens with zero attached hydrogens (tertiary/aromatic N) is 1. The third-order valence-electron chi connectivity index (χ3n) is 3.39. The molecule has 0 unspecified atom stereocenters. The highest BCUT2D eigenvalue weighted by atomic mass is 16.2. The first-order chi connectivity index (χ1) is 9.86. The number of aryl methyl sites for hydroxylation is 1. The summed E-state index contributed by atoms with van der Waals surface area (Å²) in [6.45, 7) is 4.05. The topological polar surface area (TPSA) is 87.5 Å². The molecule has 1 heterocycles. The van der Waals surface area contributed by atoms with Gasteiger partial charge in [-0.2, -0.15) is 0 Å². The lowest BCUT2D eigenvalue weighted by Gasteiger charge is -2.25. The molecule has 0 aromatic heterocycles. The number of nitrogen functional groups attached to an aromatic ring is 1. The SMILES string of the molecule is CC(C)NC(=O)CN(C)c1cc2c(cc1N)CCC(=O)N2. The van der Waals surface area contributed by atoms with Crippen molar-refractivity contribution >= 4 is 28.9 Å². The fourth-order valence-corrected chi connectivity index (χ4v) is 2.44. The van der Waals surface area contributed by atoms with Gasteiger partial charge in [-0.25, -0.2) is 0 Å². The quantitative estimate of drug-likeness (QED) is 0.725. The van der Waals surface area contributed by atoms with Crippen molar-refractivity contribution in [3.05, 3.63) is 17.7 Å². The number of nitrogens with two attached hydrogens (primary N) is 1. The molecule has 0 aliphatic carbocycles. The molecule has 0 atom stereocenters. The molecule has 6 nitrogen and oxygen atoms in total. The van der Waals surface area contributed by atoms with Crippen LogP contribution in [0.3, 0.4) is 0 Å². The summed E-state index contributed by atoms with van der Waals surface area (Å²) in [6, 6.07) is 3.82. The highest BCUT2D eigenvalue weighted by Crippen LogP contribution is 2.32. The molecule has 0 bridgehead atoms. The van der Waals surface area contributed by atoms with Crippen LogP contribution in [-0.4, -0.2) is 31.4 Å². The van der Waals surface area contributed by atoms with Gasteiger partial charge < -0.3 is 21.3 Å². The molecule has 4 N–H and O–H groups in total. The number of anilines is 3. The minimum absolute atomic E-state index is 0.0124. The van der Waals surface area contributed by atoms with Crippen molar-refractivity contribution in [3.8, 4) is 0 Å². The second-order valence-corrected chi connectivity index (χ2v) is 5.69. The van der Waals surface area contributed by atoms with Gasteiger partial charge in [0.25, 0.3) is 0 Å². The largest absolute Gasteiger partial charge is 0.397 e. The molecule has 1 aromatic rings. The number of hydrogen-bond donors (Lipinski definition) is 3. The van der Waals surface area contributed by atoms with Crippen LogP contribution in [0.15, 0.2) is 12.1 Å². The Hall–Kier alpha value is -2.24. The molecule has 0 fully saturated rings. The molecule has 0 saturated heterocycles. The minimum Gasteiger partial charge on any atom is -0.397 e. The second kappa shape index (κ2) is 6.03. The average Bonchev–Trinajstić information content (AvgIpc) is 2.37. The monoisotopic (exact) mass is 290 g/mol. The van der Waals surface area contributed by atoms with Crippen molar-refractivity contribution in [2.75, 3.05) is 29.5 Å². The van der Waals surface area contributed by atoms with Crippen LogP contribution in [0.25, 0.3) is 0 Å². The number of nitrogens with one attached hydrogen (secondary N) is 2. The van der Waals surface area contributed by atoms with Gasteiger partial charge in [-0.15, -0.1) is 0 Å². The van der Waals surface area contributed by atoms with Gasteiger partial charge >= 0.3 is 0 Å². The third-order valence-corrected chi connectivity index (χ3v) is 3.39. The van der Waals surface area contributed by atoms with E-state index in [9.17, 15) is 9.59 Å². The lowest BCUT2D eigenvalue weighted by atomic mass is 10.0. The van der Waals surface area contributed by atoms with E-state index in [1.165, 1.54) is 0 Å². The Labute approximate surface area is 124 Å². The normalized spacial score (nSPS) is 13.6. The smallest absolute Gasteiger partial charge is 0.239 e. The lowest BCUT2D eigenvalue weighted by molar-refractivity contribution is -0.120. The van der Waals surface area contributed by atoms with Gasteiger partial charge in [-0.1, -0.05) is 0 Å². The zero-order chi connectivity index (χ0) is 15.6. The van der Waals surface area contributed by atoms with Gasteiger partial charge in [0.05, 0.1) is 17.9 Å². The molecule has 6 heteroatoms. The molecule has 21 heavy (non-hydrogen) atoms. The van der Waals surface area contributed by atoms with E-state index in [2.05, 4.69) is 10.6 Å². The average molecular weight is 290 g/mol. The first-order valence-electron chi connectivity index (χ1n) is 7.09. The maximum Gasteiger partial charge on any atom is 0.239 e. The summed E-state index contributed by atoms with van der Waals surface area (Å²) in [6.07, 6.45) is 1.18. The Bertz CT molecular complexity index is 569. The van der Waals surface area contributed by atoms with E-state index >= 15 is 0 Å². The van der Waals surface area contributed by atoms with E-state index < -0.39 is 0 Å². The minimum atomic E-state index is -0.0614. The first kappa shape index (κ1) is 15.2. The standard InChI is InChI=1S/C15H22N4O2/c1-9(2)17-15(21)8-19(3)13-7-12-10(6-11(13)16)4-5-14(20)18-12/h6-7,9H,4-5,8,16H2,1-3H3,(H,17,21)(H,18,20). The molecule has 1 aromatic carbocycles. The number of amides is 2. The maximum atomic E-state index is 11.8. The Kier molecular flexibility index (Phi) is 4.35. The van der Waals surface area contributed by atoms with Gasteiger partial charge in [-0.3, -0.25) is 9.59 Å². The second-order valence-electron chi connectivity index (χ2n) is 5.69. The highest BCUT2D eigenvalue weighted by Gasteiger charge is 2.19. The summed E-state index contributed by atoms with van der Waals surface area (Å²) in [5, 5.41) is 5.69. The van der Waals surface area contributed by atoms with Crippen LogP contribution < -0.4 is 21.3 Å². The molecular formula is C15H22N4O2. The summed E-state index contributed by atoms with van der Waals surface area (Å²) in [5.41, 5.74) is 9.25. The number of carbonyl (C=O) groups excluding carboxylic acids is 2. The van der Waals surface area contributed by atoms with Crippen molar-refractivity contribution in [3.63, 3.8) is 0 Å². The van der Waals surface area contributed by atoms with Crippen molar-refractivity contribution in [1.82, 2.24) is 5.32 Å². The van der Waals surface area contributed by atoms with E-state index in [4.69, 9.17) is 5.73 Å². The van der Waals surface area contributed by atoms with Crippen LogP contribution in [0.4, 0.5) is 17.1 Å². The fourth-order valence-electron chi connectivity index (χ4n) is 2.44. The lowest BCUT2D eigenvalue weighted by Crippen LogP contribution is -2.38. The maximum absolute atomic E-state index is 11.8. The summed E-state index contributed by atoms with van der Waals surface area (Å²) in [5.74, 6) is -0.0490. The van der Waals surface area contributed by atoms with E-state index in [0.717, 1.165) is 16.9 Å². The molecule has 1 aliphatic rings. The molecule has 0 spiro atoms. The summed E-state index contributed by atoms with van der Waals surface area (Å²) < 4.78 is 0. The highest BCUT2D eigenvalue weighted by molar-refractivity contribution is 5.96. The fraction of sp³-hybridized carbons (Fsp3) is 0.467. The molecule has 2 rings (SSSR count). The predicted molar refractivity (Wildman–Crippen MR) is 84.4 cm³/mol. The summed E-state index contributed by atoms with van der Waals surface area (Å²) in [4.78, 5) is 25.1. The van der Waals surface area contributed by atoms with Crippen LogP contribution >= 0.6 is 0 Å². The number of rotatable bonds is 4. The van der Waals surface area contributed by atoms with Crippen LogP contribution in [0.5, 0.6) is 0 Å². The molecule has 114 valence electrons. The van der Waals surface area contributed by atoms with E-state index in [-0.39, 0.29) is 24.4 Å². The molecule has 1 aliphatic heterocycles. The number of fused-ring (bicyclic) bond motifs is 1. The Morgan fingerprint density at radius 3 is 2.81 bits per heavy atom. The van der Waals surface area contributed by atoms with Gasteiger partial charge in [0.2, 0.25) is 11.8 Å². The number of likely N-dealkylation sites (N-methyl/N-ethyl adjacent to an activating group) is 1. The third kappa shape index (κ3) is 3.65. The van der Waals surface area contributed by atoms with Crippen LogP contribution in [0.1, 0.15) is 25.8 Å². The van der Waals surface area contributed by atoms with Crippen molar-refractivity contribution in [2.24, 2.45) is 0 Å². The zero-order valence-corrected chi connectivity index (χ0v) is 12.7. The van der Waals surface area contributed by atoms with Crippen molar-refractivity contribution < 1.29 is 9.59 Å². The molecule has 0 radical (unpaired) electrons. The summed E-state index contributed by atoms with van der Waals surface area (Å²) in [7, 11) is 1.81. The van der Waals surface area contributed by atoms with Crippen LogP contribution in [0, 0.1) is 0 Å². The first-order valence-corrected chi connectivity index (χ1v) is 7.09.